The number of imide groups is 1. The molecule has 2 amide bonds. The number of carbonyl (C=O) groups is 2. The first-order valence-electron chi connectivity index (χ1n) is 2.61. The first-order valence-corrected chi connectivity index (χ1v) is 2.61. The molecule has 9 heavy (non-hydrogen) atoms. The number of β-lactam (4-membered cyclic amide) rings is 2. The van der Waals surface area contributed by atoms with Crippen LogP contribution in [0, 0.1) is 5.41 Å². The number of hydrogen-bond donors (Lipinski definition) is 1. The Morgan fingerprint density at radius 3 is 1.78 bits per heavy atom. The third kappa shape index (κ3) is 0.506. The molecule has 0 radical (unpaired) electrons. The number of nitrogens with two attached hydrogens (primary N) is 1. The van der Waals surface area contributed by atoms with Crippen LogP contribution in [-0.2, 0) is 9.59 Å². The van der Waals surface area contributed by atoms with Gasteiger partial charge in [-0.25, -0.2) is 10.9 Å². The van der Waals surface area contributed by atoms with Crippen LogP contribution in [0.1, 0.15) is 13.8 Å². The van der Waals surface area contributed by atoms with Gasteiger partial charge in [0, 0.05) is 0 Å². The number of hydrazine groups is 1. The maximum absolute atomic E-state index is 10.7. The van der Waals surface area contributed by atoms with E-state index >= 15 is 0 Å². The summed E-state index contributed by atoms with van der Waals surface area (Å²) < 4.78 is 0. The second-order valence-electron chi connectivity index (χ2n) is 2.61. The van der Waals surface area contributed by atoms with Gasteiger partial charge in [-0.15, -0.1) is 0 Å². The van der Waals surface area contributed by atoms with Crippen LogP contribution in [-0.4, -0.2) is 16.8 Å². The molecule has 1 rings (SSSR count). The highest BCUT2D eigenvalue weighted by Crippen LogP contribution is 2.29. The van der Waals surface area contributed by atoms with Gasteiger partial charge in [0.1, 0.15) is 5.41 Å². The van der Waals surface area contributed by atoms with E-state index in [9.17, 15) is 9.59 Å². The lowest BCUT2D eigenvalue weighted by Crippen LogP contribution is -2.66. The molecule has 1 fully saturated rings. The molecule has 1 heterocycles. The zero-order valence-electron chi connectivity index (χ0n) is 5.34. The second kappa shape index (κ2) is 1.33. The summed E-state index contributed by atoms with van der Waals surface area (Å²) in [7, 11) is 0. The van der Waals surface area contributed by atoms with Crippen molar-refractivity contribution in [1.82, 2.24) is 5.01 Å². The third-order valence-corrected chi connectivity index (χ3v) is 1.51. The summed E-state index contributed by atoms with van der Waals surface area (Å²) in [5.41, 5.74) is -0.866. The number of nitrogens with zero attached hydrogens (tertiary/aromatic N) is 1. The lowest BCUT2D eigenvalue weighted by molar-refractivity contribution is -0.174. The molecule has 4 heteroatoms. The van der Waals surface area contributed by atoms with E-state index in [0.29, 0.717) is 5.01 Å². The second-order valence-corrected chi connectivity index (χ2v) is 2.61. The van der Waals surface area contributed by atoms with E-state index in [1.165, 1.54) is 0 Å². The molecule has 1 aliphatic heterocycles. The Bertz CT molecular complexity index is 167. The topological polar surface area (TPSA) is 63.4 Å². The minimum absolute atomic E-state index is 0.312. The first kappa shape index (κ1) is 6.22. The number of rotatable bonds is 0. The van der Waals surface area contributed by atoms with Crippen molar-refractivity contribution < 1.29 is 9.59 Å². The first-order chi connectivity index (χ1) is 3.98. The predicted octanol–water partition coefficient (Wildman–Crippen LogP) is -0.745. The van der Waals surface area contributed by atoms with E-state index in [-0.39, 0.29) is 11.8 Å². The zero-order chi connectivity index (χ0) is 7.23. The Morgan fingerprint density at radius 1 is 1.33 bits per heavy atom. The summed E-state index contributed by atoms with van der Waals surface area (Å²) in [5.74, 6) is 4.35. The SMILES string of the molecule is CC1(C)C(=O)N(N)C1=O. The van der Waals surface area contributed by atoms with Crippen LogP contribution in [0.2, 0.25) is 0 Å². The number of hydrogen-bond acceptors (Lipinski definition) is 3. The molecule has 1 saturated heterocycles. The van der Waals surface area contributed by atoms with Gasteiger partial charge >= 0.3 is 0 Å². The van der Waals surface area contributed by atoms with Gasteiger partial charge in [0.25, 0.3) is 11.8 Å². The normalized spacial score (nSPS) is 24.1. The molecule has 0 atom stereocenters. The molecule has 0 bridgehead atoms. The average molecular weight is 128 g/mol. The highest BCUT2D eigenvalue weighted by Gasteiger charge is 2.52. The molecule has 0 unspecified atom stereocenters. The maximum atomic E-state index is 10.7. The summed E-state index contributed by atoms with van der Waals surface area (Å²) >= 11 is 0. The summed E-state index contributed by atoms with van der Waals surface area (Å²) in [6.45, 7) is 3.11. The number of amides is 2. The largest absolute Gasteiger partial charge is 0.272 e. The van der Waals surface area contributed by atoms with Gasteiger partial charge in [0.05, 0.1) is 0 Å². The fourth-order valence-electron chi connectivity index (χ4n) is 0.733. The molecule has 0 saturated carbocycles. The Labute approximate surface area is 52.6 Å². The zero-order valence-corrected chi connectivity index (χ0v) is 5.34. The van der Waals surface area contributed by atoms with Gasteiger partial charge in [-0.2, -0.15) is 0 Å². The van der Waals surface area contributed by atoms with Crippen LogP contribution in [0.4, 0.5) is 0 Å². The Balaban J connectivity index is 2.86. The molecule has 4 nitrogen and oxygen atoms in total. The lowest BCUT2D eigenvalue weighted by Gasteiger charge is -2.37. The van der Waals surface area contributed by atoms with Gasteiger partial charge in [0.15, 0.2) is 0 Å². The van der Waals surface area contributed by atoms with E-state index in [4.69, 9.17) is 5.84 Å². The Hall–Kier alpha value is -0.900. The quantitative estimate of drug-likeness (QED) is 0.202. The third-order valence-electron chi connectivity index (χ3n) is 1.51. The summed E-state index contributed by atoms with van der Waals surface area (Å²) in [6, 6.07) is 0. The average Bonchev–Trinajstić information content (AvgIpc) is 1.84. The van der Waals surface area contributed by atoms with Crippen LogP contribution >= 0.6 is 0 Å². The maximum Gasteiger partial charge on any atom is 0.258 e. The van der Waals surface area contributed by atoms with E-state index in [1.807, 2.05) is 0 Å². The minimum atomic E-state index is -0.866. The van der Waals surface area contributed by atoms with E-state index < -0.39 is 5.41 Å². The highest BCUT2D eigenvalue weighted by atomic mass is 16.2. The molecule has 2 N–H and O–H groups in total. The van der Waals surface area contributed by atoms with Crippen molar-refractivity contribution in [3.8, 4) is 0 Å². The lowest BCUT2D eigenvalue weighted by atomic mass is 9.83. The molecule has 1 aliphatic rings. The molecule has 0 aromatic rings. The molecule has 0 aromatic heterocycles. The Kier molecular flexibility index (Phi) is 0.919. The standard InChI is InChI=1S/C5H8N2O2/c1-5(2)3(8)7(6)4(5)9/h6H2,1-2H3. The molecule has 0 aromatic carbocycles. The molecule has 0 aliphatic carbocycles. The van der Waals surface area contributed by atoms with Crippen molar-refractivity contribution >= 4 is 11.8 Å². The van der Waals surface area contributed by atoms with Gasteiger partial charge in [-0.3, -0.25) is 9.59 Å². The van der Waals surface area contributed by atoms with E-state index in [1.54, 1.807) is 13.8 Å². The fourth-order valence-corrected chi connectivity index (χ4v) is 0.733. The van der Waals surface area contributed by atoms with Gasteiger partial charge in [0.2, 0.25) is 0 Å². The molecular formula is C5H8N2O2. The summed E-state index contributed by atoms with van der Waals surface area (Å²) in [6.07, 6.45) is 0. The van der Waals surface area contributed by atoms with Crippen LogP contribution in [0.3, 0.4) is 0 Å². The van der Waals surface area contributed by atoms with Gasteiger partial charge in [-0.05, 0) is 13.8 Å². The van der Waals surface area contributed by atoms with Crippen LogP contribution < -0.4 is 5.84 Å². The summed E-state index contributed by atoms with van der Waals surface area (Å²) in [4.78, 5) is 21.3. The highest BCUT2D eigenvalue weighted by molar-refractivity contribution is 6.20. The van der Waals surface area contributed by atoms with Crippen molar-refractivity contribution in [3.63, 3.8) is 0 Å². The predicted molar refractivity (Wildman–Crippen MR) is 29.8 cm³/mol. The molecule has 50 valence electrons. The monoisotopic (exact) mass is 128 g/mol. The number of carbonyl (C=O) groups excluding carboxylic acids is 2. The van der Waals surface area contributed by atoms with Crippen molar-refractivity contribution in [3.05, 3.63) is 0 Å². The molecule has 0 spiro atoms. The van der Waals surface area contributed by atoms with Crippen molar-refractivity contribution in [2.45, 2.75) is 13.8 Å². The van der Waals surface area contributed by atoms with Gasteiger partial charge in [-0.1, -0.05) is 0 Å². The fraction of sp³-hybridized carbons (Fsp3) is 0.600. The summed E-state index contributed by atoms with van der Waals surface area (Å²) in [5, 5.41) is 0.639. The van der Waals surface area contributed by atoms with E-state index in [2.05, 4.69) is 0 Å². The van der Waals surface area contributed by atoms with Crippen molar-refractivity contribution in [1.29, 1.82) is 0 Å². The molecular weight excluding hydrogens is 120 g/mol. The van der Waals surface area contributed by atoms with Crippen molar-refractivity contribution in [2.75, 3.05) is 0 Å². The van der Waals surface area contributed by atoms with E-state index in [0.717, 1.165) is 0 Å². The van der Waals surface area contributed by atoms with Crippen LogP contribution in [0.15, 0.2) is 0 Å². The van der Waals surface area contributed by atoms with Gasteiger partial charge < -0.3 is 0 Å². The van der Waals surface area contributed by atoms with Crippen LogP contribution in [0.25, 0.3) is 0 Å². The minimum Gasteiger partial charge on any atom is -0.272 e. The van der Waals surface area contributed by atoms with Crippen LogP contribution in [0.5, 0.6) is 0 Å². The smallest absolute Gasteiger partial charge is 0.258 e. The Morgan fingerprint density at radius 2 is 1.67 bits per heavy atom. The van der Waals surface area contributed by atoms with Crippen molar-refractivity contribution in [2.24, 2.45) is 11.3 Å².